The highest BCUT2D eigenvalue weighted by molar-refractivity contribution is 5.69. The Hall–Kier alpha value is -2.22. The van der Waals surface area contributed by atoms with Crippen LogP contribution < -0.4 is 10.5 Å². The molecule has 0 radical (unpaired) electrons. The molecule has 21 heavy (non-hydrogen) atoms. The van der Waals surface area contributed by atoms with E-state index in [1.54, 1.807) is 18.2 Å². The number of anilines is 1. The zero-order chi connectivity index (χ0) is 15.9. The molecular weight excluding hydrogens is 268 g/mol. The van der Waals surface area contributed by atoms with Crippen LogP contribution in [0.2, 0.25) is 0 Å². The summed E-state index contributed by atoms with van der Waals surface area (Å²) >= 11 is 0. The minimum Gasteiger partial charge on any atom is -0.491 e. The molecule has 0 saturated heterocycles. The zero-order valence-corrected chi connectivity index (χ0v) is 12.8. The normalized spacial score (nSPS) is 10.8. The van der Waals surface area contributed by atoms with Gasteiger partial charge in [0.05, 0.1) is 23.9 Å². The van der Waals surface area contributed by atoms with E-state index in [0.717, 1.165) is 6.42 Å². The molecule has 0 aromatic heterocycles. The van der Waals surface area contributed by atoms with Gasteiger partial charge in [0.2, 0.25) is 0 Å². The van der Waals surface area contributed by atoms with Gasteiger partial charge in [-0.1, -0.05) is 0 Å². The Bertz CT molecular complexity index is 527. The van der Waals surface area contributed by atoms with Crippen molar-refractivity contribution in [2.75, 3.05) is 12.3 Å². The van der Waals surface area contributed by atoms with Crippen molar-refractivity contribution in [3.63, 3.8) is 0 Å². The molecule has 0 atom stereocenters. The molecule has 1 aromatic rings. The van der Waals surface area contributed by atoms with Crippen LogP contribution >= 0.6 is 0 Å². The van der Waals surface area contributed by atoms with Gasteiger partial charge < -0.3 is 15.2 Å². The number of nitriles is 1. The number of ether oxygens (including phenoxy) is 2. The van der Waals surface area contributed by atoms with Gasteiger partial charge in [-0.3, -0.25) is 4.79 Å². The van der Waals surface area contributed by atoms with Gasteiger partial charge in [0.25, 0.3) is 0 Å². The summed E-state index contributed by atoms with van der Waals surface area (Å²) in [6.07, 6.45) is 1.81. The molecule has 0 heterocycles. The van der Waals surface area contributed by atoms with Gasteiger partial charge >= 0.3 is 5.97 Å². The quantitative estimate of drug-likeness (QED) is 0.494. The van der Waals surface area contributed by atoms with Crippen LogP contribution in [0.1, 0.15) is 45.6 Å². The molecule has 5 nitrogen and oxygen atoms in total. The summed E-state index contributed by atoms with van der Waals surface area (Å²) in [6.45, 7) is 6.02. The van der Waals surface area contributed by atoms with Gasteiger partial charge in [-0.25, -0.2) is 0 Å². The summed E-state index contributed by atoms with van der Waals surface area (Å²) in [4.78, 5) is 11.5. The lowest BCUT2D eigenvalue weighted by atomic mass is 10.2. The second kappa shape index (κ2) is 7.53. The van der Waals surface area contributed by atoms with Gasteiger partial charge in [0, 0.05) is 6.42 Å². The van der Waals surface area contributed by atoms with Crippen molar-refractivity contribution in [1.82, 2.24) is 0 Å². The van der Waals surface area contributed by atoms with E-state index < -0.39 is 5.60 Å². The van der Waals surface area contributed by atoms with Crippen LogP contribution in [-0.2, 0) is 9.53 Å². The molecule has 0 aliphatic carbocycles. The van der Waals surface area contributed by atoms with Gasteiger partial charge in [-0.2, -0.15) is 5.26 Å². The highest BCUT2D eigenvalue weighted by atomic mass is 16.6. The molecule has 0 spiro atoms. The van der Waals surface area contributed by atoms with Crippen LogP contribution in [0.4, 0.5) is 5.69 Å². The molecule has 0 saturated carbocycles. The van der Waals surface area contributed by atoms with Crippen molar-refractivity contribution in [1.29, 1.82) is 5.26 Å². The molecule has 0 amide bonds. The largest absolute Gasteiger partial charge is 0.491 e. The average Bonchev–Trinajstić information content (AvgIpc) is 2.37. The molecule has 0 aliphatic heterocycles. The second-order valence-electron chi connectivity index (χ2n) is 5.76. The summed E-state index contributed by atoms with van der Waals surface area (Å²) in [5.41, 5.74) is 6.29. The van der Waals surface area contributed by atoms with Crippen molar-refractivity contribution in [3.05, 3.63) is 23.8 Å². The van der Waals surface area contributed by atoms with Gasteiger partial charge in [0.1, 0.15) is 11.4 Å². The number of benzene rings is 1. The number of hydrogen-bond donors (Lipinski definition) is 1. The Morgan fingerprint density at radius 2 is 2.05 bits per heavy atom. The fourth-order valence-corrected chi connectivity index (χ4v) is 1.70. The zero-order valence-electron chi connectivity index (χ0n) is 12.8. The fraction of sp³-hybridized carbons (Fsp3) is 0.500. The number of nitrogens with zero attached hydrogens (tertiary/aromatic N) is 1. The molecule has 1 rings (SSSR count). The van der Waals surface area contributed by atoms with Gasteiger partial charge in [-0.15, -0.1) is 0 Å². The van der Waals surface area contributed by atoms with Crippen molar-refractivity contribution in [2.45, 2.75) is 45.6 Å². The van der Waals surface area contributed by atoms with Crippen molar-refractivity contribution < 1.29 is 14.3 Å². The molecular formula is C16H22N2O3. The Morgan fingerprint density at radius 3 is 2.62 bits per heavy atom. The number of rotatable bonds is 6. The van der Waals surface area contributed by atoms with E-state index in [-0.39, 0.29) is 5.97 Å². The van der Waals surface area contributed by atoms with Crippen molar-refractivity contribution in [3.8, 4) is 11.8 Å². The molecule has 0 bridgehead atoms. The molecule has 5 heteroatoms. The van der Waals surface area contributed by atoms with Crippen LogP contribution in [0.5, 0.6) is 5.75 Å². The number of nitrogen functional groups attached to an aromatic ring is 1. The maximum atomic E-state index is 11.5. The van der Waals surface area contributed by atoms with E-state index in [1.165, 1.54) is 0 Å². The SMILES string of the molecule is CC(C)(C)OC(=O)CCCCOc1ccc(C#N)cc1N. The summed E-state index contributed by atoms with van der Waals surface area (Å²) < 4.78 is 10.7. The highest BCUT2D eigenvalue weighted by Gasteiger charge is 2.15. The number of esters is 1. The maximum Gasteiger partial charge on any atom is 0.306 e. The van der Waals surface area contributed by atoms with Crippen LogP contribution in [0.3, 0.4) is 0 Å². The third-order valence-electron chi connectivity index (χ3n) is 2.59. The Kier molecular flexibility index (Phi) is 6.04. The van der Waals surface area contributed by atoms with Crippen LogP contribution in [0.15, 0.2) is 18.2 Å². The van der Waals surface area contributed by atoms with E-state index in [1.807, 2.05) is 26.8 Å². The predicted molar refractivity (Wildman–Crippen MR) is 80.8 cm³/mol. The smallest absolute Gasteiger partial charge is 0.306 e. The number of nitrogens with two attached hydrogens (primary N) is 1. The Morgan fingerprint density at radius 1 is 1.33 bits per heavy atom. The van der Waals surface area contributed by atoms with Crippen LogP contribution in [-0.4, -0.2) is 18.2 Å². The van der Waals surface area contributed by atoms with Crippen molar-refractivity contribution >= 4 is 11.7 Å². The number of unbranched alkanes of at least 4 members (excludes halogenated alkanes) is 1. The molecule has 114 valence electrons. The topological polar surface area (TPSA) is 85.3 Å². The van der Waals surface area contributed by atoms with E-state index in [0.29, 0.717) is 36.4 Å². The maximum absolute atomic E-state index is 11.5. The highest BCUT2D eigenvalue weighted by Crippen LogP contribution is 2.22. The first-order valence-corrected chi connectivity index (χ1v) is 6.96. The third-order valence-corrected chi connectivity index (χ3v) is 2.59. The fourth-order valence-electron chi connectivity index (χ4n) is 1.70. The first-order valence-electron chi connectivity index (χ1n) is 6.96. The lowest BCUT2D eigenvalue weighted by Crippen LogP contribution is -2.23. The van der Waals surface area contributed by atoms with Gasteiger partial charge in [-0.05, 0) is 51.8 Å². The molecule has 1 aromatic carbocycles. The lowest BCUT2D eigenvalue weighted by Gasteiger charge is -2.19. The molecule has 0 unspecified atom stereocenters. The summed E-state index contributed by atoms with van der Waals surface area (Å²) in [7, 11) is 0. The molecule has 0 fully saturated rings. The number of hydrogen-bond acceptors (Lipinski definition) is 5. The number of carbonyl (C=O) groups is 1. The van der Waals surface area contributed by atoms with Crippen LogP contribution in [0.25, 0.3) is 0 Å². The summed E-state index contributed by atoms with van der Waals surface area (Å²) in [6, 6.07) is 6.94. The minimum atomic E-state index is -0.440. The lowest BCUT2D eigenvalue weighted by molar-refractivity contribution is -0.154. The first-order chi connectivity index (χ1) is 9.81. The monoisotopic (exact) mass is 290 g/mol. The van der Waals surface area contributed by atoms with E-state index in [9.17, 15) is 4.79 Å². The Labute approximate surface area is 125 Å². The van der Waals surface area contributed by atoms with Crippen molar-refractivity contribution in [2.24, 2.45) is 0 Å². The van der Waals surface area contributed by atoms with Gasteiger partial charge in [0.15, 0.2) is 0 Å². The van der Waals surface area contributed by atoms with Crippen LogP contribution in [0, 0.1) is 11.3 Å². The molecule has 2 N–H and O–H groups in total. The second-order valence-corrected chi connectivity index (χ2v) is 5.76. The summed E-state index contributed by atoms with van der Waals surface area (Å²) in [5.74, 6) is 0.367. The summed E-state index contributed by atoms with van der Waals surface area (Å²) in [5, 5.41) is 8.74. The van der Waals surface area contributed by atoms with E-state index in [2.05, 4.69) is 0 Å². The first kappa shape index (κ1) is 16.8. The standard InChI is InChI=1S/C16H22N2O3/c1-16(2,3)21-15(19)6-4-5-9-20-14-8-7-12(11-17)10-13(14)18/h7-8,10H,4-6,9,18H2,1-3H3. The van der Waals surface area contributed by atoms with E-state index in [4.69, 9.17) is 20.5 Å². The van der Waals surface area contributed by atoms with E-state index >= 15 is 0 Å². The molecule has 0 aliphatic rings. The Balaban J connectivity index is 2.26. The number of carbonyl (C=O) groups excluding carboxylic acids is 1. The minimum absolute atomic E-state index is 0.194. The average molecular weight is 290 g/mol. The predicted octanol–water partition coefficient (Wildman–Crippen LogP) is 3.03. The third kappa shape index (κ3) is 6.66.